The van der Waals surface area contributed by atoms with Crippen LogP contribution in [0.15, 0.2) is 36.4 Å². The maximum absolute atomic E-state index is 12.1. The molecule has 3 amide bonds. The summed E-state index contributed by atoms with van der Waals surface area (Å²) in [6.45, 7) is 0. The second kappa shape index (κ2) is 6.04. The van der Waals surface area contributed by atoms with Crippen molar-refractivity contribution in [2.75, 3.05) is 5.32 Å². The molecule has 0 heterocycles. The molecule has 0 saturated heterocycles. The number of hydrogen-bond donors (Lipinski definition) is 3. The van der Waals surface area contributed by atoms with E-state index in [4.69, 9.17) is 5.73 Å². The molecule has 19 heavy (non-hydrogen) atoms. The van der Waals surface area contributed by atoms with Crippen LogP contribution in [0, 0.1) is 0 Å². The molecule has 0 saturated carbocycles. The molecule has 1 aliphatic carbocycles. The van der Waals surface area contributed by atoms with E-state index < -0.39 is 6.03 Å². The van der Waals surface area contributed by atoms with Gasteiger partial charge in [0, 0.05) is 17.3 Å². The summed E-state index contributed by atoms with van der Waals surface area (Å²) >= 11 is 0. The van der Waals surface area contributed by atoms with E-state index in [1.54, 1.807) is 24.3 Å². The van der Waals surface area contributed by atoms with Crippen LogP contribution in [0.4, 0.5) is 10.5 Å². The van der Waals surface area contributed by atoms with Crippen molar-refractivity contribution < 1.29 is 9.59 Å². The summed E-state index contributed by atoms with van der Waals surface area (Å²) < 4.78 is 0. The van der Waals surface area contributed by atoms with Gasteiger partial charge in [-0.1, -0.05) is 18.2 Å². The third kappa shape index (κ3) is 3.84. The van der Waals surface area contributed by atoms with Crippen LogP contribution in [-0.4, -0.2) is 18.0 Å². The van der Waals surface area contributed by atoms with Gasteiger partial charge >= 0.3 is 6.03 Å². The first-order valence-corrected chi connectivity index (χ1v) is 6.27. The van der Waals surface area contributed by atoms with Gasteiger partial charge in [0.2, 0.25) is 0 Å². The molecular weight excluding hydrogens is 242 g/mol. The SMILES string of the molecule is NC(=O)Nc1cccc(C(=O)NC2CC=CCC2)c1. The van der Waals surface area contributed by atoms with E-state index in [9.17, 15) is 9.59 Å². The molecule has 0 aromatic heterocycles. The lowest BCUT2D eigenvalue weighted by molar-refractivity contribution is 0.0934. The normalized spacial score (nSPS) is 17.8. The predicted molar refractivity (Wildman–Crippen MR) is 73.9 cm³/mol. The number of amides is 3. The fourth-order valence-electron chi connectivity index (χ4n) is 2.07. The van der Waals surface area contributed by atoms with Gasteiger partial charge < -0.3 is 16.4 Å². The number of urea groups is 1. The molecule has 1 atom stereocenters. The van der Waals surface area contributed by atoms with Gasteiger partial charge in [-0.25, -0.2) is 4.79 Å². The molecule has 1 aromatic carbocycles. The topological polar surface area (TPSA) is 84.2 Å². The lowest BCUT2D eigenvalue weighted by Crippen LogP contribution is -2.35. The zero-order valence-corrected chi connectivity index (χ0v) is 10.6. The van der Waals surface area contributed by atoms with Gasteiger partial charge in [0.1, 0.15) is 0 Å². The first-order chi connectivity index (χ1) is 9.15. The van der Waals surface area contributed by atoms with Gasteiger partial charge in [-0.2, -0.15) is 0 Å². The van der Waals surface area contributed by atoms with E-state index in [0.717, 1.165) is 19.3 Å². The number of anilines is 1. The molecule has 0 aliphatic heterocycles. The summed E-state index contributed by atoms with van der Waals surface area (Å²) in [7, 11) is 0. The Labute approximate surface area is 111 Å². The van der Waals surface area contributed by atoms with Crippen LogP contribution in [-0.2, 0) is 0 Å². The second-order valence-corrected chi connectivity index (χ2v) is 4.52. The minimum Gasteiger partial charge on any atom is -0.351 e. The number of primary amides is 1. The Morgan fingerprint density at radius 3 is 2.79 bits per heavy atom. The van der Waals surface area contributed by atoms with Gasteiger partial charge in [0.15, 0.2) is 0 Å². The molecule has 4 N–H and O–H groups in total. The number of allylic oxidation sites excluding steroid dienone is 1. The lowest BCUT2D eigenvalue weighted by atomic mass is 10.0. The summed E-state index contributed by atoms with van der Waals surface area (Å²) in [6.07, 6.45) is 7.03. The number of nitrogens with two attached hydrogens (primary N) is 1. The Morgan fingerprint density at radius 1 is 1.26 bits per heavy atom. The van der Waals surface area contributed by atoms with Gasteiger partial charge in [0.25, 0.3) is 5.91 Å². The molecule has 1 unspecified atom stereocenters. The highest BCUT2D eigenvalue weighted by Crippen LogP contribution is 2.13. The van der Waals surface area contributed by atoms with Crippen LogP contribution in [0.2, 0.25) is 0 Å². The molecule has 5 nitrogen and oxygen atoms in total. The quantitative estimate of drug-likeness (QED) is 0.725. The van der Waals surface area contributed by atoms with E-state index in [0.29, 0.717) is 11.3 Å². The minimum atomic E-state index is -0.644. The van der Waals surface area contributed by atoms with Crippen molar-refractivity contribution in [3.05, 3.63) is 42.0 Å². The van der Waals surface area contributed by atoms with Crippen LogP contribution in [0.1, 0.15) is 29.6 Å². The Balaban J connectivity index is 2.02. The molecule has 100 valence electrons. The molecule has 5 heteroatoms. The molecule has 1 aromatic rings. The van der Waals surface area contributed by atoms with Crippen LogP contribution in [0.3, 0.4) is 0 Å². The summed E-state index contributed by atoms with van der Waals surface area (Å²) in [5.74, 6) is -0.131. The number of carbonyl (C=O) groups is 2. The van der Waals surface area contributed by atoms with Crippen molar-refractivity contribution in [2.45, 2.75) is 25.3 Å². The van der Waals surface area contributed by atoms with Gasteiger partial charge in [0.05, 0.1) is 0 Å². The maximum Gasteiger partial charge on any atom is 0.316 e. The Bertz CT molecular complexity index is 511. The average Bonchev–Trinajstić information content (AvgIpc) is 2.39. The highest BCUT2D eigenvalue weighted by Gasteiger charge is 2.14. The summed E-state index contributed by atoms with van der Waals surface area (Å²) in [4.78, 5) is 22.8. The van der Waals surface area contributed by atoms with Crippen molar-refractivity contribution in [1.82, 2.24) is 5.32 Å². The van der Waals surface area contributed by atoms with Crippen molar-refractivity contribution in [1.29, 1.82) is 0 Å². The van der Waals surface area contributed by atoms with Gasteiger partial charge in [-0.3, -0.25) is 4.79 Å². The number of benzene rings is 1. The third-order valence-corrected chi connectivity index (χ3v) is 3.00. The fourth-order valence-corrected chi connectivity index (χ4v) is 2.07. The first kappa shape index (κ1) is 13.1. The smallest absolute Gasteiger partial charge is 0.316 e. The van der Waals surface area contributed by atoms with E-state index in [1.165, 1.54) is 0 Å². The predicted octanol–water partition coefficient (Wildman–Crippen LogP) is 2.02. The zero-order chi connectivity index (χ0) is 13.7. The number of nitrogens with one attached hydrogen (secondary N) is 2. The van der Waals surface area contributed by atoms with Crippen LogP contribution >= 0.6 is 0 Å². The highest BCUT2D eigenvalue weighted by atomic mass is 16.2. The van der Waals surface area contributed by atoms with Crippen molar-refractivity contribution in [2.24, 2.45) is 5.73 Å². The lowest BCUT2D eigenvalue weighted by Gasteiger charge is -2.19. The third-order valence-electron chi connectivity index (χ3n) is 3.00. The zero-order valence-electron chi connectivity index (χ0n) is 10.6. The Hall–Kier alpha value is -2.30. The molecule has 2 rings (SSSR count). The number of hydrogen-bond acceptors (Lipinski definition) is 2. The van der Waals surface area contributed by atoms with Crippen LogP contribution in [0.5, 0.6) is 0 Å². The number of rotatable bonds is 3. The molecule has 0 spiro atoms. The standard InChI is InChI=1S/C14H17N3O2/c15-14(19)17-12-8-4-5-10(9-12)13(18)16-11-6-2-1-3-7-11/h1-2,4-5,8-9,11H,3,6-7H2,(H,16,18)(H3,15,17,19). The van der Waals surface area contributed by atoms with Gasteiger partial charge in [-0.05, 0) is 37.5 Å². The maximum atomic E-state index is 12.1. The van der Waals surface area contributed by atoms with E-state index in [-0.39, 0.29) is 11.9 Å². The molecule has 0 fully saturated rings. The minimum absolute atomic E-state index is 0.131. The van der Waals surface area contributed by atoms with E-state index in [1.807, 2.05) is 0 Å². The van der Waals surface area contributed by atoms with Crippen molar-refractivity contribution in [3.8, 4) is 0 Å². The Morgan fingerprint density at radius 2 is 2.11 bits per heavy atom. The fraction of sp³-hybridized carbons (Fsp3) is 0.286. The number of carbonyl (C=O) groups excluding carboxylic acids is 2. The molecule has 1 aliphatic rings. The van der Waals surface area contributed by atoms with E-state index in [2.05, 4.69) is 22.8 Å². The molecule has 0 bridgehead atoms. The second-order valence-electron chi connectivity index (χ2n) is 4.52. The van der Waals surface area contributed by atoms with Gasteiger partial charge in [-0.15, -0.1) is 0 Å². The van der Waals surface area contributed by atoms with Crippen LogP contribution < -0.4 is 16.4 Å². The largest absolute Gasteiger partial charge is 0.351 e. The average molecular weight is 259 g/mol. The monoisotopic (exact) mass is 259 g/mol. The first-order valence-electron chi connectivity index (χ1n) is 6.27. The highest BCUT2D eigenvalue weighted by molar-refractivity contribution is 5.96. The van der Waals surface area contributed by atoms with Crippen molar-refractivity contribution in [3.63, 3.8) is 0 Å². The van der Waals surface area contributed by atoms with E-state index >= 15 is 0 Å². The summed E-state index contributed by atoms with van der Waals surface area (Å²) in [5, 5.41) is 5.43. The summed E-state index contributed by atoms with van der Waals surface area (Å²) in [6, 6.07) is 6.25. The molecular formula is C14H17N3O2. The molecule has 0 radical (unpaired) electrons. The van der Waals surface area contributed by atoms with Crippen LogP contribution in [0.25, 0.3) is 0 Å². The summed E-state index contributed by atoms with van der Waals surface area (Å²) in [5.41, 5.74) is 6.07. The Kier molecular flexibility index (Phi) is 4.18. The van der Waals surface area contributed by atoms with Crippen molar-refractivity contribution >= 4 is 17.6 Å².